The number of benzene rings is 3. The normalized spacial score (nSPS) is 11.7. The lowest BCUT2D eigenvalue weighted by molar-refractivity contribution is -0.130. The second kappa shape index (κ2) is 14.8. The van der Waals surface area contributed by atoms with E-state index in [1.807, 2.05) is 63.2 Å². The predicted molar refractivity (Wildman–Crippen MR) is 153 cm³/mol. The number of aryl methyl sites for hydroxylation is 1. The third-order valence-electron chi connectivity index (χ3n) is 5.73. The molecule has 0 radical (unpaired) electrons. The molecule has 0 saturated heterocycles. The van der Waals surface area contributed by atoms with Gasteiger partial charge in [-0.2, -0.15) is 5.10 Å². The SMILES string of the molecule is COc1cc(/C=N\NC(=O)[C@@H](CC(C)C)NC(=O)COc2ccccc2C)ccc1OCc1ccccc1Cl. The number of halogens is 1. The minimum atomic E-state index is -0.759. The highest BCUT2D eigenvalue weighted by molar-refractivity contribution is 6.31. The van der Waals surface area contributed by atoms with Crippen molar-refractivity contribution < 1.29 is 23.8 Å². The number of nitrogens with one attached hydrogen (secondary N) is 2. The number of amides is 2. The fraction of sp³-hybridized carbons (Fsp3) is 0.300. The van der Waals surface area contributed by atoms with Crippen molar-refractivity contribution in [2.45, 2.75) is 39.8 Å². The lowest BCUT2D eigenvalue weighted by Gasteiger charge is -2.19. The van der Waals surface area contributed by atoms with Gasteiger partial charge < -0.3 is 19.5 Å². The Hall–Kier alpha value is -4.04. The maximum atomic E-state index is 12.8. The topological polar surface area (TPSA) is 98.2 Å². The maximum absolute atomic E-state index is 12.8. The average Bonchev–Trinajstić information content (AvgIpc) is 2.91. The van der Waals surface area contributed by atoms with Gasteiger partial charge in [-0.05, 0) is 60.7 Å². The number of carbonyl (C=O) groups is 2. The summed E-state index contributed by atoms with van der Waals surface area (Å²) in [6.45, 7) is 5.94. The van der Waals surface area contributed by atoms with Crippen LogP contribution in [0.25, 0.3) is 0 Å². The molecule has 0 heterocycles. The van der Waals surface area contributed by atoms with Crippen LogP contribution >= 0.6 is 11.6 Å². The third-order valence-corrected chi connectivity index (χ3v) is 6.10. The van der Waals surface area contributed by atoms with Crippen LogP contribution in [0, 0.1) is 12.8 Å². The van der Waals surface area contributed by atoms with Crippen LogP contribution < -0.4 is 25.0 Å². The Bertz CT molecular complexity index is 1300. The van der Waals surface area contributed by atoms with Gasteiger partial charge in [0.05, 0.1) is 13.3 Å². The Morgan fingerprint density at radius 3 is 2.44 bits per heavy atom. The molecule has 3 rings (SSSR count). The summed E-state index contributed by atoms with van der Waals surface area (Å²) in [5, 5.41) is 7.45. The molecule has 2 N–H and O–H groups in total. The van der Waals surface area contributed by atoms with Crippen LogP contribution in [-0.2, 0) is 16.2 Å². The van der Waals surface area contributed by atoms with Gasteiger partial charge in [-0.3, -0.25) is 9.59 Å². The van der Waals surface area contributed by atoms with Crippen LogP contribution in [0.5, 0.6) is 17.2 Å². The quantitative estimate of drug-likeness (QED) is 0.222. The van der Waals surface area contributed by atoms with Crippen LogP contribution in [0.4, 0.5) is 0 Å². The second-order valence-electron chi connectivity index (χ2n) is 9.33. The van der Waals surface area contributed by atoms with E-state index >= 15 is 0 Å². The molecule has 0 aromatic heterocycles. The second-order valence-corrected chi connectivity index (χ2v) is 9.74. The summed E-state index contributed by atoms with van der Waals surface area (Å²) < 4.78 is 16.9. The molecule has 8 nitrogen and oxygen atoms in total. The van der Waals surface area contributed by atoms with Crippen LogP contribution in [0.15, 0.2) is 71.8 Å². The molecule has 0 aliphatic rings. The summed E-state index contributed by atoms with van der Waals surface area (Å²) in [4.78, 5) is 25.3. The third kappa shape index (κ3) is 9.33. The molecule has 0 aliphatic carbocycles. The van der Waals surface area contributed by atoms with Gasteiger partial charge in [0, 0.05) is 10.6 Å². The van der Waals surface area contributed by atoms with Crippen LogP contribution in [0.2, 0.25) is 5.02 Å². The van der Waals surface area contributed by atoms with E-state index in [1.165, 1.54) is 6.21 Å². The van der Waals surface area contributed by atoms with Crippen molar-refractivity contribution in [1.29, 1.82) is 0 Å². The van der Waals surface area contributed by atoms with Crippen molar-refractivity contribution in [3.63, 3.8) is 0 Å². The highest BCUT2D eigenvalue weighted by atomic mass is 35.5. The molecular weight excluding hydrogens is 518 g/mol. The molecule has 0 aliphatic heterocycles. The molecule has 3 aromatic rings. The largest absolute Gasteiger partial charge is 0.493 e. The standard InChI is InChI=1S/C30H34ClN3O5/c1-20(2)15-25(33-29(35)19-39-26-12-8-5-9-21(26)3)30(36)34-32-17-22-13-14-27(28(16-22)37-4)38-18-23-10-6-7-11-24(23)31/h5-14,16-17,20,25H,15,18-19H2,1-4H3,(H,33,35)(H,34,36)/b32-17-/t25-/m1/s1. The van der Waals surface area contributed by atoms with E-state index in [2.05, 4.69) is 15.8 Å². The van der Waals surface area contributed by atoms with Crippen LogP contribution in [0.3, 0.4) is 0 Å². The zero-order valence-electron chi connectivity index (χ0n) is 22.6. The van der Waals surface area contributed by atoms with Crippen molar-refractivity contribution >= 4 is 29.6 Å². The minimum Gasteiger partial charge on any atom is -0.493 e. The van der Waals surface area contributed by atoms with Gasteiger partial charge >= 0.3 is 0 Å². The van der Waals surface area contributed by atoms with Crippen molar-refractivity contribution in [1.82, 2.24) is 10.7 Å². The fourth-order valence-corrected chi connectivity index (χ4v) is 3.89. The number of rotatable bonds is 13. The molecule has 0 unspecified atom stereocenters. The first-order valence-electron chi connectivity index (χ1n) is 12.6. The Morgan fingerprint density at radius 2 is 1.72 bits per heavy atom. The van der Waals surface area contributed by atoms with Gasteiger partial charge in [0.25, 0.3) is 11.8 Å². The lowest BCUT2D eigenvalue weighted by atomic mass is 10.0. The highest BCUT2D eigenvalue weighted by Crippen LogP contribution is 2.29. The summed E-state index contributed by atoms with van der Waals surface area (Å²) in [6, 6.07) is 19.4. The van der Waals surface area contributed by atoms with Gasteiger partial charge in [-0.25, -0.2) is 5.43 Å². The maximum Gasteiger partial charge on any atom is 0.262 e. The first kappa shape index (κ1) is 29.5. The van der Waals surface area contributed by atoms with E-state index in [9.17, 15) is 9.59 Å². The summed E-state index contributed by atoms with van der Waals surface area (Å²) in [5.41, 5.74) is 4.99. The van der Waals surface area contributed by atoms with E-state index in [0.717, 1.165) is 11.1 Å². The first-order valence-corrected chi connectivity index (χ1v) is 13.0. The average molecular weight is 552 g/mol. The van der Waals surface area contributed by atoms with Gasteiger partial charge in [-0.1, -0.05) is 61.8 Å². The predicted octanol–water partition coefficient (Wildman–Crippen LogP) is 5.30. The number of hydrazone groups is 1. The zero-order chi connectivity index (χ0) is 28.2. The number of hydrogen-bond acceptors (Lipinski definition) is 6. The Morgan fingerprint density at radius 1 is 0.974 bits per heavy atom. The number of ether oxygens (including phenoxy) is 3. The Labute approximate surface area is 234 Å². The summed E-state index contributed by atoms with van der Waals surface area (Å²) in [7, 11) is 1.54. The van der Waals surface area contributed by atoms with E-state index in [-0.39, 0.29) is 18.4 Å². The minimum absolute atomic E-state index is 0.171. The highest BCUT2D eigenvalue weighted by Gasteiger charge is 2.22. The van der Waals surface area contributed by atoms with Crippen molar-refractivity contribution in [3.05, 3.63) is 88.4 Å². The summed E-state index contributed by atoms with van der Waals surface area (Å²) in [6.07, 6.45) is 1.94. The molecule has 206 valence electrons. The zero-order valence-corrected chi connectivity index (χ0v) is 23.3. The summed E-state index contributed by atoms with van der Waals surface area (Å²) in [5.74, 6) is 1.04. The van der Waals surface area contributed by atoms with E-state index in [4.69, 9.17) is 25.8 Å². The fourth-order valence-electron chi connectivity index (χ4n) is 3.70. The van der Waals surface area contributed by atoms with E-state index < -0.39 is 11.9 Å². The molecule has 9 heteroatoms. The Balaban J connectivity index is 1.57. The van der Waals surface area contributed by atoms with Gasteiger partial charge in [-0.15, -0.1) is 0 Å². The number of hydrogen-bond donors (Lipinski definition) is 2. The molecule has 0 saturated carbocycles. The van der Waals surface area contributed by atoms with E-state index in [1.54, 1.807) is 31.4 Å². The molecule has 0 spiro atoms. The van der Waals surface area contributed by atoms with Crippen molar-refractivity contribution in [3.8, 4) is 17.2 Å². The van der Waals surface area contributed by atoms with Gasteiger partial charge in [0.1, 0.15) is 18.4 Å². The van der Waals surface area contributed by atoms with Crippen molar-refractivity contribution in [2.75, 3.05) is 13.7 Å². The first-order chi connectivity index (χ1) is 18.8. The molecule has 0 bridgehead atoms. The van der Waals surface area contributed by atoms with Gasteiger partial charge in [0.2, 0.25) is 0 Å². The van der Waals surface area contributed by atoms with E-state index in [0.29, 0.717) is 40.9 Å². The van der Waals surface area contributed by atoms with Crippen molar-refractivity contribution in [2.24, 2.45) is 11.0 Å². The molecule has 3 aromatic carbocycles. The lowest BCUT2D eigenvalue weighted by Crippen LogP contribution is -2.47. The molecule has 2 amide bonds. The van der Waals surface area contributed by atoms with Crippen LogP contribution in [-0.4, -0.2) is 37.8 Å². The molecular formula is C30H34ClN3O5. The Kier molecular flexibility index (Phi) is 11.2. The molecule has 1 atom stereocenters. The number of carbonyl (C=O) groups excluding carboxylic acids is 2. The number of para-hydroxylation sites is 1. The summed E-state index contributed by atoms with van der Waals surface area (Å²) >= 11 is 6.20. The number of methoxy groups -OCH3 is 1. The van der Waals surface area contributed by atoms with Gasteiger partial charge in [0.15, 0.2) is 18.1 Å². The smallest absolute Gasteiger partial charge is 0.262 e. The van der Waals surface area contributed by atoms with Crippen LogP contribution in [0.1, 0.15) is 37.0 Å². The molecule has 0 fully saturated rings. The number of nitrogens with zero attached hydrogens (tertiary/aromatic N) is 1. The molecule has 39 heavy (non-hydrogen) atoms. The monoisotopic (exact) mass is 551 g/mol.